The second kappa shape index (κ2) is 9.74. The van der Waals surface area contributed by atoms with Crippen LogP contribution in [0, 0.1) is 5.92 Å². The van der Waals surface area contributed by atoms with Crippen LogP contribution < -0.4 is 5.32 Å². The predicted molar refractivity (Wildman–Crippen MR) is 126 cm³/mol. The zero-order valence-electron chi connectivity index (χ0n) is 18.1. The second-order valence-corrected chi connectivity index (χ2v) is 8.54. The molecule has 3 aromatic rings. The molecule has 1 aliphatic carbocycles. The van der Waals surface area contributed by atoms with Gasteiger partial charge in [-0.2, -0.15) is 0 Å². The number of carbonyl (C=O) groups is 1. The molecule has 158 valence electrons. The first-order valence-corrected chi connectivity index (χ1v) is 11.2. The average molecular weight is 411 g/mol. The van der Waals surface area contributed by atoms with Gasteiger partial charge in [-0.25, -0.2) is 0 Å². The highest BCUT2D eigenvalue weighted by atomic mass is 16.1. The summed E-state index contributed by atoms with van der Waals surface area (Å²) in [6.45, 7) is 2.07. The van der Waals surface area contributed by atoms with E-state index in [1.807, 2.05) is 12.3 Å². The number of allylic oxidation sites excluding steroid dienone is 1. The van der Waals surface area contributed by atoms with Crippen molar-refractivity contribution in [3.8, 4) is 0 Å². The lowest BCUT2D eigenvalue weighted by Crippen LogP contribution is -2.31. The zero-order chi connectivity index (χ0) is 21.5. The van der Waals surface area contributed by atoms with Crippen LogP contribution >= 0.6 is 0 Å². The molecule has 1 amide bonds. The number of pyridine rings is 1. The van der Waals surface area contributed by atoms with Gasteiger partial charge in [-0.1, -0.05) is 72.8 Å². The lowest BCUT2D eigenvalue weighted by atomic mass is 9.85. The van der Waals surface area contributed by atoms with E-state index in [1.54, 1.807) is 12.3 Å². The summed E-state index contributed by atoms with van der Waals surface area (Å²) in [5.74, 6) is 0.333. The fourth-order valence-electron chi connectivity index (χ4n) is 4.55. The molecule has 31 heavy (non-hydrogen) atoms. The molecule has 0 aliphatic heterocycles. The van der Waals surface area contributed by atoms with E-state index in [0.29, 0.717) is 5.92 Å². The lowest BCUT2D eigenvalue weighted by molar-refractivity contribution is -0.117. The summed E-state index contributed by atoms with van der Waals surface area (Å²) in [4.78, 5) is 16.6. The van der Waals surface area contributed by atoms with Crippen LogP contribution in [0.15, 0.2) is 97.3 Å². The molecule has 1 fully saturated rings. The molecule has 4 rings (SSSR count). The van der Waals surface area contributed by atoms with Gasteiger partial charge in [0, 0.05) is 23.9 Å². The number of aromatic nitrogens is 1. The summed E-state index contributed by atoms with van der Waals surface area (Å²) in [5.41, 5.74) is 3.86. The fourth-order valence-corrected chi connectivity index (χ4v) is 4.55. The van der Waals surface area contributed by atoms with E-state index in [-0.39, 0.29) is 17.4 Å². The van der Waals surface area contributed by atoms with E-state index in [2.05, 4.69) is 90.0 Å². The van der Waals surface area contributed by atoms with Gasteiger partial charge in [0.25, 0.3) is 0 Å². The number of nitrogens with zero attached hydrogens (tertiary/aromatic N) is 1. The SMILES string of the molecule is C[C@@H](CCCc1cccnc1)NC(=O)C=C[C@H]1CC1(c1ccccc1)c1ccccc1. The van der Waals surface area contributed by atoms with E-state index in [0.717, 1.165) is 25.7 Å². The number of amides is 1. The highest BCUT2D eigenvalue weighted by Gasteiger charge is 2.54. The Morgan fingerprint density at radius 1 is 1.06 bits per heavy atom. The molecule has 0 unspecified atom stereocenters. The Bertz CT molecular complexity index is 959. The first-order valence-electron chi connectivity index (χ1n) is 11.2. The number of hydrogen-bond donors (Lipinski definition) is 1. The van der Waals surface area contributed by atoms with Crippen LogP contribution in [0.2, 0.25) is 0 Å². The van der Waals surface area contributed by atoms with Crippen molar-refractivity contribution in [2.24, 2.45) is 5.92 Å². The summed E-state index contributed by atoms with van der Waals surface area (Å²) < 4.78 is 0. The van der Waals surface area contributed by atoms with Crippen LogP contribution in [-0.4, -0.2) is 16.9 Å². The predicted octanol–water partition coefficient (Wildman–Crippen LogP) is 5.47. The molecule has 1 heterocycles. The largest absolute Gasteiger partial charge is 0.350 e. The Labute approximate surface area is 185 Å². The van der Waals surface area contributed by atoms with Gasteiger partial charge in [0.15, 0.2) is 0 Å². The Morgan fingerprint density at radius 3 is 2.35 bits per heavy atom. The van der Waals surface area contributed by atoms with Crippen molar-refractivity contribution in [2.45, 2.75) is 44.1 Å². The van der Waals surface area contributed by atoms with Crippen molar-refractivity contribution >= 4 is 5.91 Å². The van der Waals surface area contributed by atoms with E-state index >= 15 is 0 Å². The second-order valence-electron chi connectivity index (χ2n) is 8.54. The molecular weight excluding hydrogens is 380 g/mol. The van der Waals surface area contributed by atoms with E-state index in [4.69, 9.17) is 0 Å². The van der Waals surface area contributed by atoms with Crippen LogP contribution in [-0.2, 0) is 16.6 Å². The van der Waals surface area contributed by atoms with Crippen molar-refractivity contribution in [3.63, 3.8) is 0 Å². The number of hydrogen-bond acceptors (Lipinski definition) is 2. The maximum Gasteiger partial charge on any atom is 0.243 e. The molecule has 0 radical (unpaired) electrons. The normalized spacial score (nSPS) is 17.9. The molecule has 3 heteroatoms. The summed E-state index contributed by atoms with van der Waals surface area (Å²) in [7, 11) is 0. The highest BCUT2D eigenvalue weighted by Crippen LogP contribution is 2.59. The number of rotatable bonds is 9. The Hall–Kier alpha value is -3.20. The third-order valence-corrected chi connectivity index (χ3v) is 6.29. The fraction of sp³-hybridized carbons (Fsp3) is 0.286. The number of benzene rings is 2. The zero-order valence-corrected chi connectivity index (χ0v) is 18.1. The van der Waals surface area contributed by atoms with Crippen LogP contribution in [0.25, 0.3) is 0 Å². The Morgan fingerprint density at radius 2 is 1.74 bits per heavy atom. The van der Waals surface area contributed by atoms with E-state index < -0.39 is 0 Å². The molecule has 2 aromatic carbocycles. The highest BCUT2D eigenvalue weighted by molar-refractivity contribution is 5.87. The number of carbonyl (C=O) groups excluding carboxylic acids is 1. The van der Waals surface area contributed by atoms with Crippen LogP contribution in [0.5, 0.6) is 0 Å². The van der Waals surface area contributed by atoms with Crippen LogP contribution in [0.1, 0.15) is 42.9 Å². The molecular formula is C28H30N2O. The van der Waals surface area contributed by atoms with Crippen LogP contribution in [0.3, 0.4) is 0 Å². The van der Waals surface area contributed by atoms with Crippen molar-refractivity contribution in [3.05, 3.63) is 114 Å². The van der Waals surface area contributed by atoms with E-state index in [9.17, 15) is 4.79 Å². The smallest absolute Gasteiger partial charge is 0.243 e. The molecule has 1 aromatic heterocycles. The summed E-state index contributed by atoms with van der Waals surface area (Å²) in [6.07, 6.45) is 11.5. The van der Waals surface area contributed by atoms with Gasteiger partial charge in [-0.3, -0.25) is 9.78 Å². The number of nitrogens with one attached hydrogen (secondary N) is 1. The van der Waals surface area contributed by atoms with Gasteiger partial charge in [-0.15, -0.1) is 0 Å². The summed E-state index contributed by atoms with van der Waals surface area (Å²) in [5, 5.41) is 3.11. The maximum atomic E-state index is 12.5. The minimum atomic E-state index is -0.0192. The average Bonchev–Trinajstić information content (AvgIpc) is 3.55. The van der Waals surface area contributed by atoms with Crippen molar-refractivity contribution in [1.29, 1.82) is 0 Å². The van der Waals surface area contributed by atoms with Gasteiger partial charge in [0.1, 0.15) is 0 Å². The van der Waals surface area contributed by atoms with Gasteiger partial charge >= 0.3 is 0 Å². The van der Waals surface area contributed by atoms with Crippen molar-refractivity contribution < 1.29 is 4.79 Å². The molecule has 1 saturated carbocycles. The topological polar surface area (TPSA) is 42.0 Å². The van der Waals surface area contributed by atoms with Gasteiger partial charge in [0.05, 0.1) is 0 Å². The molecule has 1 N–H and O–H groups in total. The first-order chi connectivity index (χ1) is 15.2. The molecule has 0 spiro atoms. The van der Waals surface area contributed by atoms with Gasteiger partial charge in [-0.05, 0) is 67.4 Å². The van der Waals surface area contributed by atoms with Crippen molar-refractivity contribution in [1.82, 2.24) is 10.3 Å². The third-order valence-electron chi connectivity index (χ3n) is 6.29. The maximum absolute atomic E-state index is 12.5. The lowest BCUT2D eigenvalue weighted by Gasteiger charge is -2.18. The third kappa shape index (κ3) is 5.11. The summed E-state index contributed by atoms with van der Waals surface area (Å²) >= 11 is 0. The van der Waals surface area contributed by atoms with Gasteiger partial charge in [0.2, 0.25) is 5.91 Å². The molecule has 2 atom stereocenters. The van der Waals surface area contributed by atoms with Gasteiger partial charge < -0.3 is 5.32 Å². The first kappa shape index (κ1) is 21.0. The Kier molecular flexibility index (Phi) is 6.61. The monoisotopic (exact) mass is 410 g/mol. The Balaban J connectivity index is 1.33. The minimum Gasteiger partial charge on any atom is -0.350 e. The molecule has 1 aliphatic rings. The standard InChI is InChI=1S/C28H30N2O/c1-22(10-8-11-23-12-9-19-29-21-23)30-27(31)18-17-26-20-28(26,24-13-4-2-5-14-24)25-15-6-3-7-16-25/h2-7,9,12-19,21-22,26H,8,10-11,20H2,1H3,(H,30,31)/t22-,26-/m0/s1. The van der Waals surface area contributed by atoms with E-state index in [1.165, 1.54) is 16.7 Å². The van der Waals surface area contributed by atoms with Crippen LogP contribution in [0.4, 0.5) is 0 Å². The number of aryl methyl sites for hydroxylation is 1. The van der Waals surface area contributed by atoms with Crippen molar-refractivity contribution in [2.75, 3.05) is 0 Å². The molecule has 3 nitrogen and oxygen atoms in total. The minimum absolute atomic E-state index is 0.00389. The molecule has 0 saturated heterocycles. The molecule has 0 bridgehead atoms. The summed E-state index contributed by atoms with van der Waals surface area (Å²) in [6, 6.07) is 25.5. The quantitative estimate of drug-likeness (QED) is 0.475.